The highest BCUT2D eigenvalue weighted by Gasteiger charge is 2.17. The van der Waals surface area contributed by atoms with Crippen molar-refractivity contribution in [2.75, 3.05) is 0 Å². The summed E-state index contributed by atoms with van der Waals surface area (Å²) in [5, 5.41) is 0.640. The molecule has 2 aromatic carbocycles. The molecule has 0 bridgehead atoms. The van der Waals surface area contributed by atoms with Crippen LogP contribution >= 0.6 is 23.2 Å². The largest absolute Gasteiger partial charge is 0.426 e. The van der Waals surface area contributed by atoms with Crippen molar-refractivity contribution in [2.24, 2.45) is 0 Å². The highest BCUT2D eigenvalue weighted by Crippen LogP contribution is 2.29. The smallest absolute Gasteiger partial charge is 0.347 e. The van der Waals surface area contributed by atoms with E-state index in [1.165, 1.54) is 31.2 Å². The molecule has 0 spiro atoms. The second kappa shape index (κ2) is 6.61. The molecule has 2 aromatic rings. The van der Waals surface area contributed by atoms with Gasteiger partial charge < -0.3 is 9.47 Å². The van der Waals surface area contributed by atoms with Gasteiger partial charge in [-0.1, -0.05) is 35.3 Å². The van der Waals surface area contributed by atoms with Crippen LogP contribution in [0, 0.1) is 0 Å². The van der Waals surface area contributed by atoms with Gasteiger partial charge in [-0.3, -0.25) is 4.79 Å². The van der Waals surface area contributed by atoms with Crippen LogP contribution in [-0.2, 0) is 4.79 Å². The first-order valence-corrected chi connectivity index (χ1v) is 6.67. The van der Waals surface area contributed by atoms with Crippen molar-refractivity contribution in [2.45, 2.75) is 6.92 Å². The van der Waals surface area contributed by atoms with E-state index in [2.05, 4.69) is 0 Å². The summed E-state index contributed by atoms with van der Waals surface area (Å²) in [6.45, 7) is 1.25. The van der Waals surface area contributed by atoms with E-state index in [0.29, 0.717) is 5.02 Å². The van der Waals surface area contributed by atoms with E-state index < -0.39 is 11.9 Å². The molecule has 0 aliphatic heterocycles. The number of ether oxygens (including phenoxy) is 2. The molecule has 0 amide bonds. The van der Waals surface area contributed by atoms with Crippen LogP contribution in [0.4, 0.5) is 0 Å². The van der Waals surface area contributed by atoms with Gasteiger partial charge in [0.05, 0.1) is 5.02 Å². The molecular weight excluding hydrogens is 315 g/mol. The number of halogens is 2. The molecule has 0 saturated heterocycles. The molecular formula is C15H10Cl2O4. The maximum Gasteiger partial charge on any atom is 0.347 e. The molecule has 0 saturated carbocycles. The Bertz CT molecular complexity index is 698. The molecule has 0 N–H and O–H groups in total. The van der Waals surface area contributed by atoms with E-state index in [-0.39, 0.29) is 22.1 Å². The van der Waals surface area contributed by atoms with Gasteiger partial charge in [-0.2, -0.15) is 0 Å². The number of benzene rings is 2. The van der Waals surface area contributed by atoms with E-state index in [1.54, 1.807) is 18.2 Å². The zero-order chi connectivity index (χ0) is 15.4. The van der Waals surface area contributed by atoms with E-state index >= 15 is 0 Å². The molecule has 0 aliphatic carbocycles. The Morgan fingerprint density at radius 1 is 0.952 bits per heavy atom. The minimum Gasteiger partial charge on any atom is -0.426 e. The molecule has 6 heteroatoms. The van der Waals surface area contributed by atoms with Crippen molar-refractivity contribution in [3.8, 4) is 11.5 Å². The zero-order valence-corrected chi connectivity index (χ0v) is 12.4. The fraction of sp³-hybridized carbons (Fsp3) is 0.0667. The van der Waals surface area contributed by atoms with Crippen LogP contribution in [-0.4, -0.2) is 11.9 Å². The predicted octanol–water partition coefficient (Wildman–Crippen LogP) is 4.14. The Morgan fingerprint density at radius 3 is 2.33 bits per heavy atom. The van der Waals surface area contributed by atoms with Crippen LogP contribution in [0.2, 0.25) is 10.0 Å². The summed E-state index contributed by atoms with van der Waals surface area (Å²) in [7, 11) is 0. The van der Waals surface area contributed by atoms with Crippen molar-refractivity contribution in [3.05, 3.63) is 58.1 Å². The number of rotatable bonds is 3. The highest BCUT2D eigenvalue weighted by atomic mass is 35.5. The van der Waals surface area contributed by atoms with E-state index in [4.69, 9.17) is 32.7 Å². The maximum absolute atomic E-state index is 12.1. The van der Waals surface area contributed by atoms with Crippen molar-refractivity contribution < 1.29 is 19.1 Å². The van der Waals surface area contributed by atoms with Crippen molar-refractivity contribution in [1.29, 1.82) is 0 Å². The highest BCUT2D eigenvalue weighted by molar-refractivity contribution is 6.35. The number of para-hydroxylation sites is 1. The minimum absolute atomic E-state index is 0.124. The summed E-state index contributed by atoms with van der Waals surface area (Å²) >= 11 is 11.7. The fourth-order valence-electron chi connectivity index (χ4n) is 1.59. The summed E-state index contributed by atoms with van der Waals surface area (Å²) in [4.78, 5) is 23.2. The topological polar surface area (TPSA) is 52.6 Å². The van der Waals surface area contributed by atoms with Gasteiger partial charge in [-0.15, -0.1) is 0 Å². The molecule has 0 aliphatic rings. The molecule has 0 fully saturated rings. The van der Waals surface area contributed by atoms with Crippen LogP contribution in [0.5, 0.6) is 11.5 Å². The fourth-order valence-corrected chi connectivity index (χ4v) is 2.04. The standard InChI is InChI=1S/C15H10Cl2O4/c1-9(18)20-13-5-3-2-4-11(13)15(19)21-14-7-6-10(16)8-12(14)17/h2-8H,1H3. The van der Waals surface area contributed by atoms with E-state index in [0.717, 1.165) is 0 Å². The van der Waals surface area contributed by atoms with Crippen molar-refractivity contribution in [1.82, 2.24) is 0 Å². The number of carbonyl (C=O) groups excluding carboxylic acids is 2. The number of esters is 2. The lowest BCUT2D eigenvalue weighted by Gasteiger charge is -2.09. The van der Waals surface area contributed by atoms with Gasteiger partial charge in [0.1, 0.15) is 17.1 Å². The van der Waals surface area contributed by atoms with Crippen LogP contribution < -0.4 is 9.47 Å². The Kier molecular flexibility index (Phi) is 4.83. The Balaban J connectivity index is 2.26. The Morgan fingerprint density at radius 2 is 1.67 bits per heavy atom. The second-order valence-corrected chi connectivity index (χ2v) is 4.90. The van der Waals surface area contributed by atoms with Crippen molar-refractivity contribution in [3.63, 3.8) is 0 Å². The third kappa shape index (κ3) is 3.97. The summed E-state index contributed by atoms with van der Waals surface area (Å²) in [6.07, 6.45) is 0. The zero-order valence-electron chi connectivity index (χ0n) is 10.9. The monoisotopic (exact) mass is 324 g/mol. The van der Waals surface area contributed by atoms with Crippen molar-refractivity contribution >= 4 is 35.1 Å². The van der Waals surface area contributed by atoms with Gasteiger partial charge in [0.25, 0.3) is 0 Å². The van der Waals surface area contributed by atoms with Gasteiger partial charge in [0.2, 0.25) is 0 Å². The molecule has 21 heavy (non-hydrogen) atoms. The normalized spacial score (nSPS) is 10.0. The van der Waals surface area contributed by atoms with Crippen LogP contribution in [0.3, 0.4) is 0 Å². The molecule has 108 valence electrons. The molecule has 2 rings (SSSR count). The van der Waals surface area contributed by atoms with Gasteiger partial charge in [0, 0.05) is 11.9 Å². The van der Waals surface area contributed by atoms with Crippen LogP contribution in [0.25, 0.3) is 0 Å². The summed E-state index contributed by atoms with van der Waals surface area (Å²) in [6, 6.07) is 10.8. The Labute approximate surface area is 131 Å². The molecule has 4 nitrogen and oxygen atoms in total. The molecule has 0 unspecified atom stereocenters. The first-order chi connectivity index (χ1) is 9.97. The quantitative estimate of drug-likeness (QED) is 0.629. The molecule has 0 heterocycles. The Hall–Kier alpha value is -2.04. The second-order valence-electron chi connectivity index (χ2n) is 4.05. The third-order valence-corrected chi connectivity index (χ3v) is 2.99. The lowest BCUT2D eigenvalue weighted by molar-refractivity contribution is -0.131. The minimum atomic E-state index is -0.684. The van der Waals surface area contributed by atoms with Crippen LogP contribution in [0.15, 0.2) is 42.5 Å². The van der Waals surface area contributed by atoms with Gasteiger partial charge in [-0.05, 0) is 30.3 Å². The van der Waals surface area contributed by atoms with Gasteiger partial charge >= 0.3 is 11.9 Å². The first-order valence-electron chi connectivity index (χ1n) is 5.92. The predicted molar refractivity (Wildman–Crippen MR) is 79.2 cm³/mol. The third-order valence-electron chi connectivity index (χ3n) is 2.46. The lowest BCUT2D eigenvalue weighted by Crippen LogP contribution is -2.12. The summed E-state index contributed by atoms with van der Waals surface area (Å²) < 4.78 is 10.1. The maximum atomic E-state index is 12.1. The van der Waals surface area contributed by atoms with E-state index in [1.807, 2.05) is 0 Å². The summed E-state index contributed by atoms with van der Waals surface area (Å²) in [5.74, 6) is -0.917. The van der Waals surface area contributed by atoms with Gasteiger partial charge in [-0.25, -0.2) is 4.79 Å². The molecule has 0 aromatic heterocycles. The molecule has 0 radical (unpaired) electrons. The molecule has 0 atom stereocenters. The average Bonchev–Trinajstić information content (AvgIpc) is 2.42. The first kappa shape index (κ1) is 15.4. The SMILES string of the molecule is CC(=O)Oc1ccccc1C(=O)Oc1ccc(Cl)cc1Cl. The number of carbonyl (C=O) groups is 2. The lowest BCUT2D eigenvalue weighted by atomic mass is 10.2. The average molecular weight is 325 g/mol. The van der Waals surface area contributed by atoms with Crippen LogP contribution in [0.1, 0.15) is 17.3 Å². The van der Waals surface area contributed by atoms with Gasteiger partial charge in [0.15, 0.2) is 0 Å². The number of hydrogen-bond donors (Lipinski definition) is 0. The number of hydrogen-bond acceptors (Lipinski definition) is 4. The van der Waals surface area contributed by atoms with E-state index in [9.17, 15) is 9.59 Å². The summed E-state index contributed by atoms with van der Waals surface area (Å²) in [5.41, 5.74) is 0.124.